The van der Waals surface area contributed by atoms with Gasteiger partial charge in [-0.3, -0.25) is 14.2 Å². The van der Waals surface area contributed by atoms with Crippen LogP contribution in [0.5, 0.6) is 5.75 Å². The van der Waals surface area contributed by atoms with E-state index in [0.717, 1.165) is 23.2 Å². The number of ether oxygens (including phenoxy) is 1. The fourth-order valence-corrected chi connectivity index (χ4v) is 3.88. The first-order valence-electron chi connectivity index (χ1n) is 8.93. The van der Waals surface area contributed by atoms with Crippen molar-refractivity contribution in [1.82, 2.24) is 19.7 Å². The third-order valence-electron chi connectivity index (χ3n) is 3.92. The average molecular weight is 444 g/mol. The minimum Gasteiger partial charge on any atom is -0.497 e. The molecule has 156 valence electrons. The van der Waals surface area contributed by atoms with Crippen LogP contribution in [0.2, 0.25) is 0 Å². The van der Waals surface area contributed by atoms with Gasteiger partial charge in [0.2, 0.25) is 5.91 Å². The first-order valence-corrected chi connectivity index (χ1v) is 10.7. The lowest BCUT2D eigenvalue weighted by atomic mass is 10.3. The summed E-state index contributed by atoms with van der Waals surface area (Å²) in [5.41, 5.74) is 1.47. The molecule has 0 aliphatic carbocycles. The molecule has 0 fully saturated rings. The van der Waals surface area contributed by atoms with Gasteiger partial charge in [0, 0.05) is 24.7 Å². The second kappa shape index (κ2) is 10.2. The van der Waals surface area contributed by atoms with Crippen molar-refractivity contribution in [2.75, 3.05) is 32.3 Å². The van der Waals surface area contributed by atoms with Crippen molar-refractivity contribution in [3.63, 3.8) is 0 Å². The molecule has 8 nitrogen and oxygen atoms in total. The monoisotopic (exact) mass is 443 g/mol. The van der Waals surface area contributed by atoms with Crippen molar-refractivity contribution in [3.05, 3.63) is 54.9 Å². The number of rotatable bonds is 7. The summed E-state index contributed by atoms with van der Waals surface area (Å²) in [5, 5.41) is 11.4. The number of nitrogens with one attached hydrogen (secondary N) is 1. The maximum atomic E-state index is 12.5. The molecule has 0 saturated heterocycles. The summed E-state index contributed by atoms with van der Waals surface area (Å²) in [5.74, 6) is 0.703. The van der Waals surface area contributed by atoms with Gasteiger partial charge in [-0.25, -0.2) is 0 Å². The van der Waals surface area contributed by atoms with Crippen molar-refractivity contribution >= 4 is 40.4 Å². The Hall–Kier alpha value is -2.98. The molecule has 1 N–H and O–H groups in total. The molecule has 0 aliphatic heterocycles. The highest BCUT2D eigenvalue weighted by Crippen LogP contribution is 2.29. The number of para-hydroxylation sites is 1. The Morgan fingerprint density at radius 1 is 1.13 bits per heavy atom. The van der Waals surface area contributed by atoms with E-state index in [0.29, 0.717) is 15.7 Å². The molecular formula is C20H21N5O3S2. The molecule has 3 aromatic rings. The number of anilines is 1. The second-order valence-corrected chi connectivity index (χ2v) is 8.21. The van der Waals surface area contributed by atoms with Crippen LogP contribution in [0.3, 0.4) is 0 Å². The van der Waals surface area contributed by atoms with Gasteiger partial charge in [-0.15, -0.1) is 10.2 Å². The molecule has 0 unspecified atom stereocenters. The van der Waals surface area contributed by atoms with Gasteiger partial charge in [0.25, 0.3) is 5.24 Å². The van der Waals surface area contributed by atoms with Crippen LogP contribution >= 0.6 is 23.5 Å². The van der Waals surface area contributed by atoms with Crippen LogP contribution in [0.4, 0.5) is 10.5 Å². The Morgan fingerprint density at radius 2 is 1.87 bits per heavy atom. The van der Waals surface area contributed by atoms with Crippen LogP contribution in [0, 0.1) is 0 Å². The second-order valence-electron chi connectivity index (χ2n) is 6.28. The number of benzene rings is 2. The molecule has 1 heterocycles. The van der Waals surface area contributed by atoms with Crippen LogP contribution in [0.15, 0.2) is 64.9 Å². The van der Waals surface area contributed by atoms with E-state index in [-0.39, 0.29) is 16.9 Å². The fraction of sp³-hybridized carbons (Fsp3) is 0.200. The van der Waals surface area contributed by atoms with Crippen molar-refractivity contribution < 1.29 is 14.3 Å². The molecule has 0 atom stereocenters. The van der Waals surface area contributed by atoms with Gasteiger partial charge < -0.3 is 15.0 Å². The Bertz CT molecular complexity index is 1020. The summed E-state index contributed by atoms with van der Waals surface area (Å²) in [6, 6.07) is 14.7. The SMILES string of the molecule is COc1ccc(-n2cnnc2SCC(=O)Nc2ccccc2SC(=O)N(C)C)cc1. The molecule has 10 heteroatoms. The van der Waals surface area contributed by atoms with Crippen LogP contribution in [-0.2, 0) is 4.79 Å². The number of nitrogens with zero attached hydrogens (tertiary/aromatic N) is 4. The van der Waals surface area contributed by atoms with Gasteiger partial charge in [0.05, 0.1) is 18.6 Å². The number of carbonyl (C=O) groups excluding carboxylic acids is 2. The molecule has 0 saturated carbocycles. The van der Waals surface area contributed by atoms with Gasteiger partial charge >= 0.3 is 0 Å². The number of hydrogen-bond donors (Lipinski definition) is 1. The molecule has 0 aliphatic rings. The summed E-state index contributed by atoms with van der Waals surface area (Å²) < 4.78 is 6.98. The Kier molecular flexibility index (Phi) is 7.36. The lowest BCUT2D eigenvalue weighted by molar-refractivity contribution is -0.113. The smallest absolute Gasteiger partial charge is 0.286 e. The minimum absolute atomic E-state index is 0.112. The highest BCUT2D eigenvalue weighted by Gasteiger charge is 2.14. The van der Waals surface area contributed by atoms with Crippen molar-refractivity contribution in [3.8, 4) is 11.4 Å². The predicted octanol–water partition coefficient (Wildman–Crippen LogP) is 3.78. The zero-order valence-corrected chi connectivity index (χ0v) is 18.4. The van der Waals surface area contributed by atoms with E-state index in [2.05, 4.69) is 15.5 Å². The van der Waals surface area contributed by atoms with Crippen LogP contribution < -0.4 is 10.1 Å². The number of carbonyl (C=O) groups is 2. The third-order valence-corrected chi connectivity index (χ3v) is 5.98. The average Bonchev–Trinajstić information content (AvgIpc) is 3.22. The first-order chi connectivity index (χ1) is 14.5. The van der Waals surface area contributed by atoms with Crippen LogP contribution in [-0.4, -0.2) is 57.8 Å². The van der Waals surface area contributed by atoms with E-state index in [1.165, 1.54) is 16.7 Å². The molecule has 1 aromatic heterocycles. The Morgan fingerprint density at radius 3 is 2.57 bits per heavy atom. The predicted molar refractivity (Wildman–Crippen MR) is 119 cm³/mol. The zero-order chi connectivity index (χ0) is 21.5. The van der Waals surface area contributed by atoms with E-state index < -0.39 is 0 Å². The Labute approximate surface area is 183 Å². The number of hydrogen-bond acceptors (Lipinski definition) is 7. The van der Waals surface area contributed by atoms with E-state index >= 15 is 0 Å². The van der Waals surface area contributed by atoms with Gasteiger partial charge in [0.15, 0.2) is 5.16 Å². The molecule has 0 bridgehead atoms. The molecule has 0 spiro atoms. The van der Waals surface area contributed by atoms with Gasteiger partial charge in [-0.05, 0) is 48.2 Å². The summed E-state index contributed by atoms with van der Waals surface area (Å²) in [6.07, 6.45) is 1.60. The zero-order valence-electron chi connectivity index (χ0n) is 16.7. The topological polar surface area (TPSA) is 89.3 Å². The maximum Gasteiger partial charge on any atom is 0.286 e. The first kappa shape index (κ1) is 21.7. The number of thioether (sulfide) groups is 2. The maximum absolute atomic E-state index is 12.5. The lowest BCUT2D eigenvalue weighted by Crippen LogP contribution is -2.18. The largest absolute Gasteiger partial charge is 0.497 e. The molecule has 3 rings (SSSR count). The van der Waals surface area contributed by atoms with Crippen molar-refractivity contribution in [1.29, 1.82) is 0 Å². The standard InChI is InChI=1S/C20H21N5O3S2/c1-24(2)20(27)30-17-7-5-4-6-16(17)22-18(26)12-29-19-23-21-13-25(19)14-8-10-15(28-3)11-9-14/h4-11,13H,12H2,1-3H3,(H,22,26). The van der Waals surface area contributed by atoms with E-state index in [1.807, 2.05) is 36.4 Å². The molecule has 2 aromatic carbocycles. The van der Waals surface area contributed by atoms with Crippen LogP contribution in [0.25, 0.3) is 5.69 Å². The molecule has 30 heavy (non-hydrogen) atoms. The van der Waals surface area contributed by atoms with E-state index in [9.17, 15) is 9.59 Å². The van der Waals surface area contributed by atoms with E-state index in [4.69, 9.17) is 4.74 Å². The van der Waals surface area contributed by atoms with Crippen LogP contribution in [0.1, 0.15) is 0 Å². The van der Waals surface area contributed by atoms with Crippen molar-refractivity contribution in [2.45, 2.75) is 10.1 Å². The molecule has 2 amide bonds. The number of methoxy groups -OCH3 is 1. The number of amides is 2. The molecule has 0 radical (unpaired) electrons. The third kappa shape index (κ3) is 5.55. The van der Waals surface area contributed by atoms with Gasteiger partial charge in [0.1, 0.15) is 12.1 Å². The lowest BCUT2D eigenvalue weighted by Gasteiger charge is -2.13. The Balaban J connectivity index is 1.64. The van der Waals surface area contributed by atoms with Crippen molar-refractivity contribution in [2.24, 2.45) is 0 Å². The summed E-state index contributed by atoms with van der Waals surface area (Å²) in [6.45, 7) is 0. The number of aromatic nitrogens is 3. The summed E-state index contributed by atoms with van der Waals surface area (Å²) in [4.78, 5) is 26.7. The normalized spacial score (nSPS) is 10.5. The highest BCUT2D eigenvalue weighted by molar-refractivity contribution is 8.13. The van der Waals surface area contributed by atoms with E-state index in [1.54, 1.807) is 44.2 Å². The summed E-state index contributed by atoms with van der Waals surface area (Å²) >= 11 is 2.34. The summed E-state index contributed by atoms with van der Waals surface area (Å²) in [7, 11) is 4.99. The van der Waals surface area contributed by atoms with Gasteiger partial charge in [-0.2, -0.15) is 0 Å². The highest BCUT2D eigenvalue weighted by atomic mass is 32.2. The minimum atomic E-state index is -0.199. The fourth-order valence-electron chi connectivity index (χ4n) is 2.40. The van der Waals surface area contributed by atoms with Gasteiger partial charge in [-0.1, -0.05) is 23.9 Å². The molecular weight excluding hydrogens is 422 g/mol. The quantitative estimate of drug-likeness (QED) is 0.556.